The van der Waals surface area contributed by atoms with Gasteiger partial charge in [-0.3, -0.25) is 4.90 Å². The Morgan fingerprint density at radius 2 is 2.06 bits per heavy atom. The van der Waals surface area contributed by atoms with Crippen molar-refractivity contribution in [2.75, 3.05) is 0 Å². The predicted molar refractivity (Wildman–Crippen MR) is 60.8 cm³/mol. The van der Waals surface area contributed by atoms with Gasteiger partial charge in [0.1, 0.15) is 11.6 Å². The normalized spacial score (nSPS) is 26.1. The molecule has 0 radical (unpaired) electrons. The summed E-state index contributed by atoms with van der Waals surface area (Å²) in [5.41, 5.74) is -0.506. The molecule has 4 heteroatoms. The highest BCUT2D eigenvalue weighted by atomic mass is 16.6. The van der Waals surface area contributed by atoms with E-state index in [4.69, 9.17) is 10.00 Å². The van der Waals surface area contributed by atoms with Gasteiger partial charge in [0.15, 0.2) is 0 Å². The van der Waals surface area contributed by atoms with E-state index < -0.39 is 5.60 Å². The first-order valence-corrected chi connectivity index (χ1v) is 5.76. The zero-order chi connectivity index (χ0) is 12.3. The molecule has 1 heterocycles. The fraction of sp³-hybridized carbons (Fsp3) is 0.833. The summed E-state index contributed by atoms with van der Waals surface area (Å²) >= 11 is 0. The average molecular weight is 224 g/mol. The Hall–Kier alpha value is -1.24. The molecule has 0 saturated carbocycles. The van der Waals surface area contributed by atoms with Crippen LogP contribution in [0.4, 0.5) is 4.79 Å². The van der Waals surface area contributed by atoms with Gasteiger partial charge in [-0.1, -0.05) is 0 Å². The number of ether oxygens (including phenoxy) is 1. The Morgan fingerprint density at radius 1 is 1.44 bits per heavy atom. The number of amides is 1. The zero-order valence-corrected chi connectivity index (χ0v) is 10.5. The molecule has 0 aliphatic carbocycles. The molecule has 4 nitrogen and oxygen atoms in total. The minimum absolute atomic E-state index is 0.0910. The number of nitriles is 1. The molecule has 1 aliphatic heterocycles. The molecular formula is C12H20N2O2. The highest BCUT2D eigenvalue weighted by molar-refractivity contribution is 5.69. The van der Waals surface area contributed by atoms with E-state index in [1.165, 1.54) is 0 Å². The molecule has 0 aromatic carbocycles. The Bertz CT molecular complexity index is 301. The van der Waals surface area contributed by atoms with E-state index >= 15 is 0 Å². The number of piperidine rings is 1. The van der Waals surface area contributed by atoms with Crippen LogP contribution in [0.5, 0.6) is 0 Å². The van der Waals surface area contributed by atoms with E-state index in [2.05, 4.69) is 6.07 Å². The molecule has 1 rings (SSSR count). The number of carbonyl (C=O) groups is 1. The van der Waals surface area contributed by atoms with Crippen molar-refractivity contribution in [3.05, 3.63) is 0 Å². The molecule has 0 N–H and O–H groups in total. The third-order valence-corrected chi connectivity index (χ3v) is 2.66. The predicted octanol–water partition coefficient (Wildman–Crippen LogP) is 2.69. The van der Waals surface area contributed by atoms with E-state index in [0.29, 0.717) is 0 Å². The monoisotopic (exact) mass is 224 g/mol. The van der Waals surface area contributed by atoms with Crippen LogP contribution in [0.15, 0.2) is 0 Å². The summed E-state index contributed by atoms with van der Waals surface area (Å²) in [6, 6.07) is 1.93. The lowest BCUT2D eigenvalue weighted by Gasteiger charge is -2.37. The topological polar surface area (TPSA) is 53.3 Å². The maximum Gasteiger partial charge on any atom is 0.411 e. The van der Waals surface area contributed by atoms with Crippen LogP contribution in [0, 0.1) is 11.3 Å². The van der Waals surface area contributed by atoms with E-state index in [0.717, 1.165) is 19.3 Å². The van der Waals surface area contributed by atoms with Gasteiger partial charge in [0.25, 0.3) is 0 Å². The number of hydrogen-bond donors (Lipinski definition) is 0. The molecule has 1 fully saturated rings. The van der Waals surface area contributed by atoms with Gasteiger partial charge in [-0.15, -0.1) is 0 Å². The minimum Gasteiger partial charge on any atom is -0.444 e. The third-order valence-electron chi connectivity index (χ3n) is 2.66. The Balaban J connectivity index is 2.75. The van der Waals surface area contributed by atoms with Crippen LogP contribution in [-0.4, -0.2) is 28.7 Å². The molecule has 0 aromatic rings. The number of nitrogens with zero attached hydrogens (tertiary/aromatic N) is 2. The van der Waals surface area contributed by atoms with Crippen molar-refractivity contribution in [1.82, 2.24) is 4.90 Å². The fourth-order valence-electron chi connectivity index (χ4n) is 1.94. The van der Waals surface area contributed by atoms with E-state index in [1.54, 1.807) is 4.90 Å². The number of hydrogen-bond acceptors (Lipinski definition) is 3. The highest BCUT2D eigenvalue weighted by Gasteiger charge is 2.34. The van der Waals surface area contributed by atoms with Crippen molar-refractivity contribution in [2.24, 2.45) is 0 Å². The summed E-state index contributed by atoms with van der Waals surface area (Å²) in [5, 5.41) is 9.03. The number of rotatable bonds is 0. The van der Waals surface area contributed by atoms with Gasteiger partial charge in [0.2, 0.25) is 0 Å². The second-order valence-corrected chi connectivity index (χ2v) is 5.31. The van der Waals surface area contributed by atoms with E-state index in [9.17, 15) is 4.79 Å². The standard InChI is InChI=1S/C12H20N2O2/c1-9-6-5-7-10(8-13)14(9)11(15)16-12(2,3)4/h9-10H,5-7H2,1-4H3/t9-,10+/m1/s1. The van der Waals surface area contributed by atoms with Gasteiger partial charge in [-0.05, 0) is 47.0 Å². The fourth-order valence-corrected chi connectivity index (χ4v) is 1.94. The summed E-state index contributed by atoms with van der Waals surface area (Å²) < 4.78 is 5.32. The first-order valence-electron chi connectivity index (χ1n) is 5.76. The van der Waals surface area contributed by atoms with Crippen LogP contribution in [-0.2, 0) is 4.74 Å². The molecule has 0 spiro atoms. The molecule has 0 bridgehead atoms. The number of carbonyl (C=O) groups excluding carboxylic acids is 1. The van der Waals surface area contributed by atoms with Gasteiger partial charge in [-0.25, -0.2) is 4.79 Å². The van der Waals surface area contributed by atoms with Crippen molar-refractivity contribution >= 4 is 6.09 Å². The molecule has 2 atom stereocenters. The SMILES string of the molecule is C[C@@H]1CCC[C@@H](C#N)N1C(=O)OC(C)(C)C. The minimum atomic E-state index is -0.506. The summed E-state index contributed by atoms with van der Waals surface area (Å²) in [6.07, 6.45) is 2.32. The maximum absolute atomic E-state index is 11.9. The number of likely N-dealkylation sites (tertiary alicyclic amines) is 1. The van der Waals surface area contributed by atoms with Gasteiger partial charge < -0.3 is 4.74 Å². The van der Waals surface area contributed by atoms with Crippen LogP contribution in [0.3, 0.4) is 0 Å². The summed E-state index contributed by atoms with van der Waals surface area (Å²) in [6.45, 7) is 7.47. The molecular weight excluding hydrogens is 204 g/mol. The van der Waals surface area contributed by atoms with Crippen LogP contribution in [0.25, 0.3) is 0 Å². The Morgan fingerprint density at radius 3 is 2.56 bits per heavy atom. The first kappa shape index (κ1) is 12.8. The van der Waals surface area contributed by atoms with E-state index in [1.807, 2.05) is 27.7 Å². The Kier molecular flexibility index (Phi) is 3.79. The lowest BCUT2D eigenvalue weighted by atomic mass is 9.98. The zero-order valence-electron chi connectivity index (χ0n) is 10.5. The summed E-state index contributed by atoms with van der Waals surface area (Å²) in [5.74, 6) is 0. The van der Waals surface area contributed by atoms with Crippen molar-refractivity contribution in [3.63, 3.8) is 0 Å². The second kappa shape index (κ2) is 4.73. The maximum atomic E-state index is 11.9. The average Bonchev–Trinajstić information content (AvgIpc) is 2.14. The molecule has 0 aromatic heterocycles. The summed E-state index contributed by atoms with van der Waals surface area (Å²) in [4.78, 5) is 13.5. The van der Waals surface area contributed by atoms with Gasteiger partial charge in [-0.2, -0.15) is 5.26 Å². The smallest absolute Gasteiger partial charge is 0.411 e. The highest BCUT2D eigenvalue weighted by Crippen LogP contribution is 2.24. The lowest BCUT2D eigenvalue weighted by molar-refractivity contribution is 0.00448. The van der Waals surface area contributed by atoms with Crippen molar-refractivity contribution in [2.45, 2.75) is 64.6 Å². The van der Waals surface area contributed by atoms with Gasteiger partial charge in [0.05, 0.1) is 6.07 Å². The molecule has 1 aliphatic rings. The van der Waals surface area contributed by atoms with Gasteiger partial charge in [0, 0.05) is 6.04 Å². The van der Waals surface area contributed by atoms with Crippen LogP contribution >= 0.6 is 0 Å². The quantitative estimate of drug-likeness (QED) is 0.635. The summed E-state index contributed by atoms with van der Waals surface area (Å²) in [7, 11) is 0. The largest absolute Gasteiger partial charge is 0.444 e. The molecule has 0 unspecified atom stereocenters. The molecule has 1 amide bonds. The first-order chi connectivity index (χ1) is 7.35. The van der Waals surface area contributed by atoms with Crippen LogP contribution in [0.1, 0.15) is 47.0 Å². The van der Waals surface area contributed by atoms with Crippen molar-refractivity contribution in [3.8, 4) is 6.07 Å². The van der Waals surface area contributed by atoms with Crippen LogP contribution < -0.4 is 0 Å². The van der Waals surface area contributed by atoms with Crippen molar-refractivity contribution < 1.29 is 9.53 Å². The van der Waals surface area contributed by atoms with E-state index in [-0.39, 0.29) is 18.2 Å². The molecule has 1 saturated heterocycles. The van der Waals surface area contributed by atoms with Gasteiger partial charge >= 0.3 is 6.09 Å². The van der Waals surface area contributed by atoms with Crippen molar-refractivity contribution in [1.29, 1.82) is 5.26 Å². The third kappa shape index (κ3) is 3.13. The molecule has 16 heavy (non-hydrogen) atoms. The van der Waals surface area contributed by atoms with Crippen LogP contribution in [0.2, 0.25) is 0 Å². The lowest BCUT2D eigenvalue weighted by Crippen LogP contribution is -2.50. The Labute approximate surface area is 97.2 Å². The molecule has 90 valence electrons. The second-order valence-electron chi connectivity index (χ2n) is 5.31.